The lowest BCUT2D eigenvalue weighted by molar-refractivity contribution is 0.332. The van der Waals surface area contributed by atoms with Gasteiger partial charge in [0.15, 0.2) is 0 Å². The molecule has 1 aromatic carbocycles. The van der Waals surface area contributed by atoms with Crippen LogP contribution in [-0.4, -0.2) is 16.7 Å². The van der Waals surface area contributed by atoms with E-state index in [1.807, 2.05) is 12.1 Å². The maximum absolute atomic E-state index is 5.83. The van der Waals surface area contributed by atoms with Gasteiger partial charge in [-0.1, -0.05) is 50.2 Å². The molecule has 2 aromatic rings. The van der Waals surface area contributed by atoms with E-state index in [9.17, 15) is 0 Å². The molecular formula is C17H25N3O. The molecule has 21 heavy (non-hydrogen) atoms. The Bertz CT molecular complexity index is 545. The second kappa shape index (κ2) is 7.36. The average Bonchev–Trinajstić information content (AvgIpc) is 2.94. The molecule has 1 atom stereocenters. The molecule has 0 radical (unpaired) electrons. The van der Waals surface area contributed by atoms with Gasteiger partial charge in [0, 0.05) is 12.0 Å². The fourth-order valence-electron chi connectivity index (χ4n) is 2.52. The van der Waals surface area contributed by atoms with E-state index in [1.165, 1.54) is 5.56 Å². The van der Waals surface area contributed by atoms with Crippen LogP contribution in [0.4, 0.5) is 0 Å². The Morgan fingerprint density at radius 2 is 1.90 bits per heavy atom. The van der Waals surface area contributed by atoms with Crippen molar-refractivity contribution in [2.75, 3.05) is 6.54 Å². The molecule has 0 saturated carbocycles. The van der Waals surface area contributed by atoms with Gasteiger partial charge in [-0.05, 0) is 36.8 Å². The average molecular weight is 287 g/mol. The van der Waals surface area contributed by atoms with Crippen molar-refractivity contribution in [3.8, 4) is 11.4 Å². The number of aromatic nitrogens is 2. The highest BCUT2D eigenvalue weighted by atomic mass is 16.5. The number of rotatable bonds is 7. The van der Waals surface area contributed by atoms with Crippen LogP contribution in [0.3, 0.4) is 0 Å². The first-order valence-corrected chi connectivity index (χ1v) is 7.74. The Balaban J connectivity index is 2.06. The van der Waals surface area contributed by atoms with Gasteiger partial charge in [-0.15, -0.1) is 0 Å². The van der Waals surface area contributed by atoms with Crippen molar-refractivity contribution >= 4 is 0 Å². The Morgan fingerprint density at radius 3 is 2.48 bits per heavy atom. The van der Waals surface area contributed by atoms with E-state index in [2.05, 4.69) is 43.0 Å². The summed E-state index contributed by atoms with van der Waals surface area (Å²) in [4.78, 5) is 4.50. The molecular weight excluding hydrogens is 262 g/mol. The van der Waals surface area contributed by atoms with Gasteiger partial charge in [0.2, 0.25) is 11.7 Å². The summed E-state index contributed by atoms with van der Waals surface area (Å²) in [6, 6.07) is 8.30. The first-order valence-electron chi connectivity index (χ1n) is 7.74. The molecule has 0 bridgehead atoms. The number of nitrogens with zero attached hydrogens (tertiary/aromatic N) is 2. The van der Waals surface area contributed by atoms with Gasteiger partial charge in [-0.25, -0.2) is 0 Å². The highest BCUT2D eigenvalue weighted by Crippen LogP contribution is 2.20. The Morgan fingerprint density at radius 1 is 1.19 bits per heavy atom. The van der Waals surface area contributed by atoms with Gasteiger partial charge in [-0.2, -0.15) is 4.98 Å². The molecule has 2 rings (SSSR count). The Kier molecular flexibility index (Phi) is 5.51. The van der Waals surface area contributed by atoms with E-state index in [0.29, 0.717) is 30.1 Å². The van der Waals surface area contributed by atoms with E-state index >= 15 is 0 Å². The molecule has 4 nitrogen and oxygen atoms in total. The van der Waals surface area contributed by atoms with Gasteiger partial charge in [0.1, 0.15) is 0 Å². The molecule has 1 heterocycles. The zero-order valence-electron chi connectivity index (χ0n) is 13.2. The van der Waals surface area contributed by atoms with Crippen LogP contribution in [0, 0.1) is 11.8 Å². The molecule has 1 unspecified atom stereocenters. The van der Waals surface area contributed by atoms with E-state index in [0.717, 1.165) is 24.8 Å². The van der Waals surface area contributed by atoms with Crippen LogP contribution in [0.2, 0.25) is 0 Å². The topological polar surface area (TPSA) is 64.9 Å². The van der Waals surface area contributed by atoms with Crippen LogP contribution in [0.1, 0.15) is 38.6 Å². The molecule has 0 aliphatic rings. The molecule has 0 aliphatic heterocycles. The zero-order valence-corrected chi connectivity index (χ0v) is 13.2. The first-order chi connectivity index (χ1) is 10.1. The summed E-state index contributed by atoms with van der Waals surface area (Å²) in [6.45, 7) is 7.21. The number of nitrogens with two attached hydrogens (primary N) is 1. The SMILES string of the molecule is CCc1ccc(-c2noc(CC(CN)CC(C)C)n2)cc1. The quantitative estimate of drug-likeness (QED) is 0.847. The van der Waals surface area contributed by atoms with Crippen molar-refractivity contribution in [2.24, 2.45) is 17.6 Å². The summed E-state index contributed by atoms with van der Waals surface area (Å²) in [5.74, 6) is 2.37. The van der Waals surface area contributed by atoms with Crippen LogP contribution >= 0.6 is 0 Å². The summed E-state index contributed by atoms with van der Waals surface area (Å²) in [5, 5.41) is 4.08. The maximum Gasteiger partial charge on any atom is 0.227 e. The van der Waals surface area contributed by atoms with Crippen LogP contribution < -0.4 is 5.73 Å². The predicted molar refractivity (Wildman–Crippen MR) is 84.8 cm³/mol. The molecule has 0 aliphatic carbocycles. The van der Waals surface area contributed by atoms with Crippen molar-refractivity contribution < 1.29 is 4.52 Å². The fraction of sp³-hybridized carbons (Fsp3) is 0.529. The molecule has 1 aromatic heterocycles. The van der Waals surface area contributed by atoms with E-state index in [-0.39, 0.29) is 0 Å². The normalized spacial score (nSPS) is 12.8. The maximum atomic E-state index is 5.83. The minimum Gasteiger partial charge on any atom is -0.339 e. The molecule has 0 fully saturated rings. The minimum absolute atomic E-state index is 0.403. The van der Waals surface area contributed by atoms with Crippen LogP contribution in [0.25, 0.3) is 11.4 Å². The molecule has 2 N–H and O–H groups in total. The number of benzene rings is 1. The van der Waals surface area contributed by atoms with E-state index in [1.54, 1.807) is 0 Å². The van der Waals surface area contributed by atoms with Crippen LogP contribution in [-0.2, 0) is 12.8 Å². The van der Waals surface area contributed by atoms with Crippen molar-refractivity contribution in [3.63, 3.8) is 0 Å². The highest BCUT2D eigenvalue weighted by molar-refractivity contribution is 5.54. The molecule has 0 amide bonds. The third kappa shape index (κ3) is 4.39. The number of aryl methyl sites for hydroxylation is 1. The second-order valence-corrected chi connectivity index (χ2v) is 6.00. The smallest absolute Gasteiger partial charge is 0.227 e. The Labute approximate surface area is 126 Å². The van der Waals surface area contributed by atoms with Crippen molar-refractivity contribution in [1.82, 2.24) is 10.1 Å². The molecule has 114 valence electrons. The molecule has 0 saturated heterocycles. The lowest BCUT2D eigenvalue weighted by atomic mass is 9.94. The van der Waals surface area contributed by atoms with Crippen molar-refractivity contribution in [3.05, 3.63) is 35.7 Å². The fourth-order valence-corrected chi connectivity index (χ4v) is 2.52. The van der Waals surface area contributed by atoms with Crippen molar-refractivity contribution in [2.45, 2.75) is 40.0 Å². The van der Waals surface area contributed by atoms with E-state index in [4.69, 9.17) is 10.3 Å². The summed E-state index contributed by atoms with van der Waals surface area (Å²) >= 11 is 0. The van der Waals surface area contributed by atoms with Crippen molar-refractivity contribution in [1.29, 1.82) is 0 Å². The monoisotopic (exact) mass is 287 g/mol. The lowest BCUT2D eigenvalue weighted by Crippen LogP contribution is -2.19. The summed E-state index contributed by atoms with van der Waals surface area (Å²) in [6.07, 6.45) is 2.87. The minimum atomic E-state index is 0.403. The van der Waals surface area contributed by atoms with Crippen LogP contribution in [0.15, 0.2) is 28.8 Å². The molecule has 0 spiro atoms. The van der Waals surface area contributed by atoms with Gasteiger partial charge in [0.25, 0.3) is 0 Å². The second-order valence-electron chi connectivity index (χ2n) is 6.00. The van der Waals surface area contributed by atoms with Gasteiger partial charge in [-0.3, -0.25) is 0 Å². The summed E-state index contributed by atoms with van der Waals surface area (Å²) in [7, 11) is 0. The highest BCUT2D eigenvalue weighted by Gasteiger charge is 2.15. The standard InChI is InChI=1S/C17H25N3O/c1-4-13-5-7-15(8-6-13)17-19-16(21-20-17)10-14(11-18)9-12(2)3/h5-8,12,14H,4,9-11,18H2,1-3H3. The third-order valence-corrected chi connectivity index (χ3v) is 3.69. The molecule has 4 heteroatoms. The Hall–Kier alpha value is -1.68. The summed E-state index contributed by atoms with van der Waals surface area (Å²) in [5.41, 5.74) is 8.13. The zero-order chi connectivity index (χ0) is 15.2. The predicted octanol–water partition coefficient (Wildman–Crippen LogP) is 3.46. The van der Waals surface area contributed by atoms with Gasteiger partial charge < -0.3 is 10.3 Å². The van der Waals surface area contributed by atoms with Gasteiger partial charge >= 0.3 is 0 Å². The van der Waals surface area contributed by atoms with Gasteiger partial charge in [0.05, 0.1) is 0 Å². The lowest BCUT2D eigenvalue weighted by Gasteiger charge is -2.14. The van der Waals surface area contributed by atoms with Crippen LogP contribution in [0.5, 0.6) is 0 Å². The number of hydrogen-bond acceptors (Lipinski definition) is 4. The number of hydrogen-bond donors (Lipinski definition) is 1. The third-order valence-electron chi connectivity index (χ3n) is 3.69. The summed E-state index contributed by atoms with van der Waals surface area (Å²) < 4.78 is 5.37. The van der Waals surface area contributed by atoms with E-state index < -0.39 is 0 Å². The first kappa shape index (κ1) is 15.7. The largest absolute Gasteiger partial charge is 0.339 e.